The Morgan fingerprint density at radius 3 is 2.57 bits per heavy atom. The Bertz CT molecular complexity index is 512. The number of carbonyl (C=O) groups is 2. The molecule has 0 heterocycles. The summed E-state index contributed by atoms with van der Waals surface area (Å²) < 4.78 is 0. The van der Waals surface area contributed by atoms with Crippen molar-refractivity contribution in [3.05, 3.63) is 29.3 Å². The van der Waals surface area contributed by atoms with Crippen LogP contribution in [0.4, 0.5) is 5.69 Å². The first-order valence-electron chi connectivity index (χ1n) is 7.16. The van der Waals surface area contributed by atoms with E-state index < -0.39 is 5.97 Å². The van der Waals surface area contributed by atoms with Gasteiger partial charge in [0.25, 0.3) is 5.91 Å². The lowest BCUT2D eigenvalue weighted by molar-refractivity contribution is -0.138. The summed E-state index contributed by atoms with van der Waals surface area (Å²) >= 11 is 0. The zero-order chi connectivity index (χ0) is 16.0. The number of hydrogen-bond acceptors (Lipinski definition) is 3. The number of carboxylic acids is 1. The van der Waals surface area contributed by atoms with Crippen molar-refractivity contribution >= 4 is 17.6 Å². The molecule has 1 rings (SSSR count). The van der Waals surface area contributed by atoms with Gasteiger partial charge in [0.05, 0.1) is 0 Å². The highest BCUT2D eigenvalue weighted by Crippen LogP contribution is 2.17. The van der Waals surface area contributed by atoms with Crippen molar-refractivity contribution < 1.29 is 14.7 Å². The van der Waals surface area contributed by atoms with E-state index >= 15 is 0 Å². The fourth-order valence-electron chi connectivity index (χ4n) is 2.38. The first-order valence-corrected chi connectivity index (χ1v) is 7.16. The first-order chi connectivity index (χ1) is 9.81. The van der Waals surface area contributed by atoms with Gasteiger partial charge in [-0.3, -0.25) is 9.59 Å². The Morgan fingerprint density at radius 1 is 1.33 bits per heavy atom. The van der Waals surface area contributed by atoms with E-state index in [0.717, 1.165) is 12.0 Å². The van der Waals surface area contributed by atoms with Crippen LogP contribution < -0.4 is 11.1 Å². The molecule has 116 valence electrons. The molecule has 0 saturated carbocycles. The Labute approximate surface area is 125 Å². The van der Waals surface area contributed by atoms with E-state index in [1.807, 2.05) is 13.8 Å². The number of aliphatic carboxylic acids is 1. The Morgan fingerprint density at radius 2 is 2.00 bits per heavy atom. The average molecular weight is 292 g/mol. The SMILES string of the molecule is Cc1c(N)cccc1C(=O)NCC(CC(=O)O)CC(C)C. The van der Waals surface area contributed by atoms with E-state index in [0.29, 0.717) is 23.7 Å². The molecule has 0 aliphatic heterocycles. The van der Waals surface area contributed by atoms with Crippen LogP contribution in [0.5, 0.6) is 0 Å². The molecule has 21 heavy (non-hydrogen) atoms. The van der Waals surface area contributed by atoms with E-state index in [2.05, 4.69) is 5.32 Å². The number of carboxylic acid groups (broad SMARTS) is 1. The topological polar surface area (TPSA) is 92.4 Å². The minimum absolute atomic E-state index is 0.0622. The van der Waals surface area contributed by atoms with Gasteiger partial charge < -0.3 is 16.2 Å². The molecule has 0 saturated heterocycles. The second-order valence-corrected chi connectivity index (χ2v) is 5.82. The number of carbonyl (C=O) groups excluding carboxylic acids is 1. The third-order valence-electron chi connectivity index (χ3n) is 3.44. The molecule has 0 bridgehead atoms. The van der Waals surface area contributed by atoms with Gasteiger partial charge in [-0.1, -0.05) is 19.9 Å². The Hall–Kier alpha value is -2.04. The highest BCUT2D eigenvalue weighted by molar-refractivity contribution is 5.96. The number of nitrogens with two attached hydrogens (primary N) is 1. The maximum atomic E-state index is 12.2. The molecule has 4 N–H and O–H groups in total. The normalized spacial score (nSPS) is 12.2. The molecule has 1 amide bonds. The minimum Gasteiger partial charge on any atom is -0.481 e. The quantitative estimate of drug-likeness (QED) is 0.673. The van der Waals surface area contributed by atoms with Crippen LogP contribution in [0.3, 0.4) is 0 Å². The molecule has 0 aliphatic carbocycles. The fourth-order valence-corrected chi connectivity index (χ4v) is 2.38. The fraction of sp³-hybridized carbons (Fsp3) is 0.500. The van der Waals surface area contributed by atoms with Crippen molar-refractivity contribution in [1.29, 1.82) is 0 Å². The third kappa shape index (κ3) is 5.45. The molecule has 0 fully saturated rings. The number of anilines is 1. The standard InChI is InChI=1S/C16H24N2O3/c1-10(2)7-12(8-15(19)20)9-18-16(21)13-5-4-6-14(17)11(13)3/h4-6,10,12H,7-9,17H2,1-3H3,(H,18,21)(H,19,20). The van der Waals surface area contributed by atoms with Crippen LogP contribution in [0, 0.1) is 18.8 Å². The summed E-state index contributed by atoms with van der Waals surface area (Å²) in [5.41, 5.74) is 7.64. The van der Waals surface area contributed by atoms with E-state index in [1.165, 1.54) is 0 Å². The van der Waals surface area contributed by atoms with Crippen LogP contribution in [-0.4, -0.2) is 23.5 Å². The van der Waals surface area contributed by atoms with Crippen molar-refractivity contribution in [2.75, 3.05) is 12.3 Å². The molecule has 5 heteroatoms. The van der Waals surface area contributed by atoms with Gasteiger partial charge in [0.1, 0.15) is 0 Å². The maximum Gasteiger partial charge on any atom is 0.303 e. The molecule has 0 spiro atoms. The molecule has 0 radical (unpaired) electrons. The van der Waals surface area contributed by atoms with Crippen LogP contribution in [-0.2, 0) is 4.79 Å². The largest absolute Gasteiger partial charge is 0.481 e. The molecule has 1 atom stereocenters. The van der Waals surface area contributed by atoms with Gasteiger partial charge in [-0.2, -0.15) is 0 Å². The number of rotatable bonds is 7. The van der Waals surface area contributed by atoms with Crippen molar-refractivity contribution in [1.82, 2.24) is 5.32 Å². The van der Waals surface area contributed by atoms with Gasteiger partial charge in [0.2, 0.25) is 0 Å². The zero-order valence-corrected chi connectivity index (χ0v) is 12.8. The first kappa shape index (κ1) is 17.0. The van der Waals surface area contributed by atoms with E-state index in [9.17, 15) is 9.59 Å². The summed E-state index contributed by atoms with van der Waals surface area (Å²) in [4.78, 5) is 23.1. The summed E-state index contributed by atoms with van der Waals surface area (Å²) in [6.45, 7) is 6.24. The van der Waals surface area contributed by atoms with E-state index in [1.54, 1.807) is 25.1 Å². The summed E-state index contributed by atoms with van der Waals surface area (Å²) in [6.07, 6.45) is 0.830. The summed E-state index contributed by atoms with van der Waals surface area (Å²) in [5, 5.41) is 11.8. The van der Waals surface area contributed by atoms with Gasteiger partial charge >= 0.3 is 5.97 Å². The third-order valence-corrected chi connectivity index (χ3v) is 3.44. The zero-order valence-electron chi connectivity index (χ0n) is 12.8. The number of nitrogen functional groups attached to an aromatic ring is 1. The minimum atomic E-state index is -0.838. The van der Waals surface area contributed by atoms with Crippen molar-refractivity contribution in [2.24, 2.45) is 11.8 Å². The molecular formula is C16H24N2O3. The van der Waals surface area contributed by atoms with Crippen LogP contribution in [0.15, 0.2) is 18.2 Å². The predicted molar refractivity (Wildman–Crippen MR) is 83.1 cm³/mol. The van der Waals surface area contributed by atoms with Gasteiger partial charge in [-0.05, 0) is 42.9 Å². The molecule has 1 aromatic rings. The molecular weight excluding hydrogens is 268 g/mol. The Kier molecular flexibility index (Phi) is 6.21. The molecule has 1 unspecified atom stereocenters. The van der Waals surface area contributed by atoms with Crippen molar-refractivity contribution in [3.63, 3.8) is 0 Å². The van der Waals surface area contributed by atoms with Crippen LogP contribution in [0.2, 0.25) is 0 Å². The summed E-state index contributed by atoms with van der Waals surface area (Å²) in [7, 11) is 0. The molecule has 0 aliphatic rings. The lowest BCUT2D eigenvalue weighted by Gasteiger charge is -2.18. The van der Waals surface area contributed by atoms with Crippen molar-refractivity contribution in [2.45, 2.75) is 33.6 Å². The molecule has 5 nitrogen and oxygen atoms in total. The highest BCUT2D eigenvalue weighted by atomic mass is 16.4. The average Bonchev–Trinajstić information content (AvgIpc) is 2.37. The second-order valence-electron chi connectivity index (χ2n) is 5.82. The summed E-state index contributed by atoms with van der Waals surface area (Å²) in [5.74, 6) is -0.720. The maximum absolute atomic E-state index is 12.2. The van der Waals surface area contributed by atoms with Gasteiger partial charge in [0, 0.05) is 24.2 Å². The molecule has 0 aromatic heterocycles. The van der Waals surface area contributed by atoms with E-state index in [4.69, 9.17) is 10.8 Å². The van der Waals surface area contributed by atoms with Crippen molar-refractivity contribution in [3.8, 4) is 0 Å². The number of benzene rings is 1. The summed E-state index contributed by atoms with van der Waals surface area (Å²) in [6, 6.07) is 5.20. The lowest BCUT2D eigenvalue weighted by atomic mass is 9.94. The van der Waals surface area contributed by atoms with Crippen LogP contribution in [0.1, 0.15) is 42.6 Å². The molecule has 1 aromatic carbocycles. The van der Waals surface area contributed by atoms with Gasteiger partial charge in [-0.25, -0.2) is 0 Å². The number of hydrogen-bond donors (Lipinski definition) is 3. The number of nitrogens with one attached hydrogen (secondary N) is 1. The lowest BCUT2D eigenvalue weighted by Crippen LogP contribution is -2.31. The van der Waals surface area contributed by atoms with Crippen LogP contribution in [0.25, 0.3) is 0 Å². The monoisotopic (exact) mass is 292 g/mol. The van der Waals surface area contributed by atoms with Gasteiger partial charge in [-0.15, -0.1) is 0 Å². The van der Waals surface area contributed by atoms with Gasteiger partial charge in [0.15, 0.2) is 0 Å². The Balaban J connectivity index is 2.68. The second kappa shape index (κ2) is 7.67. The predicted octanol–water partition coefficient (Wildman–Crippen LogP) is 2.44. The highest BCUT2D eigenvalue weighted by Gasteiger charge is 2.17. The van der Waals surface area contributed by atoms with Crippen LogP contribution >= 0.6 is 0 Å². The number of amides is 1. The van der Waals surface area contributed by atoms with E-state index in [-0.39, 0.29) is 18.2 Å². The smallest absolute Gasteiger partial charge is 0.303 e.